The van der Waals surface area contributed by atoms with Crippen molar-refractivity contribution < 1.29 is 32.6 Å². The fourth-order valence-corrected chi connectivity index (χ4v) is 3.66. The topological polar surface area (TPSA) is 99.4 Å². The number of benzene rings is 1. The van der Waals surface area contributed by atoms with Crippen molar-refractivity contribution in [2.75, 3.05) is 0 Å². The summed E-state index contributed by atoms with van der Waals surface area (Å²) in [6.45, 7) is 0. The van der Waals surface area contributed by atoms with Crippen molar-refractivity contribution >= 4 is 17.0 Å². The minimum atomic E-state index is -4.83. The number of imidazole rings is 1. The third-order valence-electron chi connectivity index (χ3n) is 5.33. The average Bonchev–Trinajstić information content (AvgIpc) is 3.42. The van der Waals surface area contributed by atoms with Crippen LogP contribution in [0.5, 0.6) is 5.75 Å². The van der Waals surface area contributed by atoms with Crippen molar-refractivity contribution in [3.05, 3.63) is 72.2 Å². The zero-order chi connectivity index (χ0) is 23.9. The van der Waals surface area contributed by atoms with E-state index in [4.69, 9.17) is 9.57 Å². The monoisotopic (exact) mass is 470 g/mol. The molecule has 2 unspecified atom stereocenters. The maximum absolute atomic E-state index is 12.8. The summed E-state index contributed by atoms with van der Waals surface area (Å²) in [4.78, 5) is 30.1. The fraction of sp³-hybridized carbons (Fsp3) is 0.217. The quantitative estimate of drug-likeness (QED) is 0.434. The number of hydrogen-bond acceptors (Lipinski definition) is 7. The molecule has 0 bridgehead atoms. The summed E-state index contributed by atoms with van der Waals surface area (Å²) < 4.78 is 45.1. The molecule has 11 heteroatoms. The van der Waals surface area contributed by atoms with Gasteiger partial charge in [-0.3, -0.25) is 14.8 Å². The molecule has 34 heavy (non-hydrogen) atoms. The largest absolute Gasteiger partial charge is 0.457 e. The molecule has 0 saturated carbocycles. The lowest BCUT2D eigenvalue weighted by atomic mass is 10.1. The molecule has 8 nitrogen and oxygen atoms in total. The van der Waals surface area contributed by atoms with Crippen molar-refractivity contribution in [1.82, 2.24) is 19.7 Å². The number of ether oxygens (including phenoxy) is 1. The van der Waals surface area contributed by atoms with Crippen LogP contribution >= 0.6 is 0 Å². The van der Waals surface area contributed by atoms with E-state index in [1.165, 1.54) is 10.8 Å². The number of esters is 1. The molecule has 1 saturated heterocycles. The molecule has 1 aromatic carbocycles. The first-order chi connectivity index (χ1) is 16.3. The lowest BCUT2D eigenvalue weighted by Crippen LogP contribution is -2.21. The molecular formula is C23H17F3N4O4. The van der Waals surface area contributed by atoms with Crippen LogP contribution in [0.15, 0.2) is 60.9 Å². The molecule has 0 aliphatic carbocycles. The highest BCUT2D eigenvalue weighted by Gasteiger charge is 2.40. The number of pyridine rings is 2. The minimum absolute atomic E-state index is 0.118. The predicted octanol–water partition coefficient (Wildman–Crippen LogP) is 4.31. The Labute approximate surface area is 190 Å². The van der Waals surface area contributed by atoms with Gasteiger partial charge in [-0.2, -0.15) is 17.9 Å². The number of hydrogen-bond donors (Lipinski definition) is 1. The summed E-state index contributed by atoms with van der Waals surface area (Å²) in [5.74, 6) is 0.208. The van der Waals surface area contributed by atoms with Crippen molar-refractivity contribution in [2.24, 2.45) is 0 Å². The molecule has 4 heterocycles. The summed E-state index contributed by atoms with van der Waals surface area (Å²) in [5, 5.41) is 9.40. The second-order valence-corrected chi connectivity index (χ2v) is 7.66. The van der Waals surface area contributed by atoms with Crippen LogP contribution in [0.2, 0.25) is 0 Å². The van der Waals surface area contributed by atoms with Crippen LogP contribution in [-0.2, 0) is 9.53 Å². The van der Waals surface area contributed by atoms with Crippen LogP contribution < -0.4 is 4.84 Å². The molecule has 1 aliphatic rings. The molecule has 5 rings (SSSR count). The van der Waals surface area contributed by atoms with Crippen LogP contribution in [0.25, 0.3) is 22.6 Å². The van der Waals surface area contributed by atoms with Gasteiger partial charge in [0.2, 0.25) is 0 Å². The van der Waals surface area contributed by atoms with Crippen LogP contribution in [0.3, 0.4) is 0 Å². The van der Waals surface area contributed by atoms with E-state index < -0.39 is 18.0 Å². The SMILES string of the molecule is O=C1CCC(c2ccc3nc(-c4ccccn4)n(Oc4ccc(C(O)C(F)(F)F)nc4)c3c2)O1. The van der Waals surface area contributed by atoms with Gasteiger partial charge in [0, 0.05) is 12.6 Å². The van der Waals surface area contributed by atoms with Crippen LogP contribution in [0, 0.1) is 0 Å². The van der Waals surface area contributed by atoms with E-state index in [-0.39, 0.29) is 17.8 Å². The zero-order valence-electron chi connectivity index (χ0n) is 17.4. The van der Waals surface area contributed by atoms with Gasteiger partial charge in [0.25, 0.3) is 0 Å². The number of carbonyl (C=O) groups excluding carboxylic acids is 1. The van der Waals surface area contributed by atoms with Gasteiger partial charge in [0.15, 0.2) is 17.7 Å². The van der Waals surface area contributed by atoms with Crippen LogP contribution in [0.4, 0.5) is 13.2 Å². The van der Waals surface area contributed by atoms with Crippen molar-refractivity contribution in [1.29, 1.82) is 0 Å². The number of aromatic nitrogens is 4. The van der Waals surface area contributed by atoms with E-state index >= 15 is 0 Å². The van der Waals surface area contributed by atoms with Crippen LogP contribution in [-0.4, -0.2) is 36.9 Å². The number of aliphatic hydroxyl groups excluding tert-OH is 1. The highest BCUT2D eigenvalue weighted by atomic mass is 19.4. The van der Waals surface area contributed by atoms with Gasteiger partial charge in [-0.25, -0.2) is 4.98 Å². The first-order valence-corrected chi connectivity index (χ1v) is 10.3. The second kappa shape index (κ2) is 8.41. The molecular weight excluding hydrogens is 453 g/mol. The summed E-state index contributed by atoms with van der Waals surface area (Å²) >= 11 is 0. The highest BCUT2D eigenvalue weighted by molar-refractivity contribution is 5.81. The zero-order valence-corrected chi connectivity index (χ0v) is 17.4. The van der Waals surface area contributed by atoms with Gasteiger partial charge in [-0.1, -0.05) is 12.1 Å². The van der Waals surface area contributed by atoms with Crippen molar-refractivity contribution in [2.45, 2.75) is 31.2 Å². The van der Waals surface area contributed by atoms with E-state index in [2.05, 4.69) is 15.0 Å². The molecule has 2 atom stereocenters. The molecule has 0 amide bonds. The van der Waals surface area contributed by atoms with E-state index in [1.807, 2.05) is 6.07 Å². The number of alkyl halides is 3. The first kappa shape index (κ1) is 21.8. The van der Waals surface area contributed by atoms with Gasteiger partial charge in [0.05, 0.1) is 17.4 Å². The van der Waals surface area contributed by atoms with Gasteiger partial charge in [-0.15, -0.1) is 0 Å². The smallest absolute Gasteiger partial charge is 0.420 e. The van der Waals surface area contributed by atoms with E-state index in [1.54, 1.807) is 36.5 Å². The van der Waals surface area contributed by atoms with Crippen molar-refractivity contribution in [3.8, 4) is 17.3 Å². The standard InChI is InChI=1S/C23H17F3N4O4/c24-23(25,26)21(32)16-7-5-14(12-28-16)34-30-18-11-13(19-8-9-20(31)33-19)4-6-15(18)29-22(30)17-3-1-2-10-27-17/h1-7,10-12,19,21,32H,8-9H2. The van der Waals surface area contributed by atoms with E-state index in [0.717, 1.165) is 17.8 Å². The van der Waals surface area contributed by atoms with Crippen LogP contribution in [0.1, 0.15) is 36.3 Å². The lowest BCUT2D eigenvalue weighted by molar-refractivity contribution is -0.208. The van der Waals surface area contributed by atoms with Gasteiger partial charge in [-0.05, 0) is 48.4 Å². The summed E-state index contributed by atoms with van der Waals surface area (Å²) in [7, 11) is 0. The summed E-state index contributed by atoms with van der Waals surface area (Å²) in [6, 6.07) is 13.0. The average molecular weight is 470 g/mol. The van der Waals surface area contributed by atoms with Crippen molar-refractivity contribution in [3.63, 3.8) is 0 Å². The number of aliphatic hydroxyl groups is 1. The van der Waals surface area contributed by atoms with Gasteiger partial charge >= 0.3 is 12.1 Å². The summed E-state index contributed by atoms with van der Waals surface area (Å²) in [5.41, 5.74) is 1.83. The number of fused-ring (bicyclic) bond motifs is 1. The Hall–Kier alpha value is -3.99. The minimum Gasteiger partial charge on any atom is -0.457 e. The maximum atomic E-state index is 12.8. The first-order valence-electron chi connectivity index (χ1n) is 10.3. The Bertz CT molecular complexity index is 1340. The third kappa shape index (κ3) is 4.17. The molecule has 1 fully saturated rings. The predicted molar refractivity (Wildman–Crippen MR) is 112 cm³/mol. The molecule has 0 spiro atoms. The normalized spacial score (nSPS) is 17.1. The van der Waals surface area contributed by atoms with Gasteiger partial charge in [0.1, 0.15) is 17.3 Å². The fourth-order valence-electron chi connectivity index (χ4n) is 3.66. The van der Waals surface area contributed by atoms with E-state index in [0.29, 0.717) is 35.4 Å². The highest BCUT2D eigenvalue weighted by Crippen LogP contribution is 2.34. The summed E-state index contributed by atoms with van der Waals surface area (Å²) in [6.07, 6.45) is -4.35. The third-order valence-corrected chi connectivity index (χ3v) is 5.33. The van der Waals surface area contributed by atoms with Gasteiger partial charge < -0.3 is 14.7 Å². The van der Waals surface area contributed by atoms with E-state index in [9.17, 15) is 23.1 Å². The Morgan fingerprint density at radius 2 is 2.00 bits per heavy atom. The number of nitrogens with zero attached hydrogens (tertiary/aromatic N) is 4. The Morgan fingerprint density at radius 1 is 1.15 bits per heavy atom. The Balaban J connectivity index is 1.55. The maximum Gasteiger partial charge on any atom is 0.420 e. The number of halogens is 3. The molecule has 1 aliphatic heterocycles. The number of rotatable bonds is 5. The molecule has 3 aromatic heterocycles. The second-order valence-electron chi connectivity index (χ2n) is 7.66. The number of cyclic esters (lactones) is 1. The number of carbonyl (C=O) groups is 1. The molecule has 0 radical (unpaired) electrons. The Morgan fingerprint density at radius 3 is 2.65 bits per heavy atom. The lowest BCUT2D eigenvalue weighted by Gasteiger charge is -2.15. The molecule has 174 valence electrons. The molecule has 1 N–H and O–H groups in total. The Kier molecular flexibility index (Phi) is 5.40. The molecule has 4 aromatic rings.